The summed E-state index contributed by atoms with van der Waals surface area (Å²) in [7, 11) is 3.35. The zero-order valence-corrected chi connectivity index (χ0v) is 18.6. The van der Waals surface area contributed by atoms with Crippen LogP contribution in [0.15, 0.2) is 23.2 Å². The first-order valence-electron chi connectivity index (χ1n) is 10.3. The molecule has 0 saturated carbocycles. The van der Waals surface area contributed by atoms with Gasteiger partial charge in [-0.2, -0.15) is 11.8 Å². The monoisotopic (exact) mass is 422 g/mol. The van der Waals surface area contributed by atoms with E-state index in [1.54, 1.807) is 26.0 Å². The number of hydrogen-bond donors (Lipinski definition) is 3. The van der Waals surface area contributed by atoms with Crippen molar-refractivity contribution < 1.29 is 14.6 Å². The fourth-order valence-corrected chi connectivity index (χ4v) is 5.05. The molecule has 2 fully saturated rings. The van der Waals surface area contributed by atoms with Crippen LogP contribution in [0.4, 0.5) is 0 Å². The molecule has 0 radical (unpaired) electrons. The Bertz CT molecular complexity index is 672. The highest BCUT2D eigenvalue weighted by Crippen LogP contribution is 2.28. The van der Waals surface area contributed by atoms with Gasteiger partial charge in [0.25, 0.3) is 0 Å². The van der Waals surface area contributed by atoms with Crippen LogP contribution in [0.25, 0.3) is 0 Å². The van der Waals surface area contributed by atoms with Crippen LogP contribution >= 0.6 is 11.8 Å². The van der Waals surface area contributed by atoms with Gasteiger partial charge in [-0.05, 0) is 43.2 Å². The van der Waals surface area contributed by atoms with Crippen molar-refractivity contribution in [3.05, 3.63) is 23.8 Å². The molecule has 2 saturated heterocycles. The number of ether oxygens (including phenoxy) is 2. The Morgan fingerprint density at radius 1 is 1.31 bits per heavy atom. The highest BCUT2D eigenvalue weighted by molar-refractivity contribution is 7.99. The number of aliphatic hydroxyl groups is 1. The summed E-state index contributed by atoms with van der Waals surface area (Å²) >= 11 is 1.80. The Balaban J connectivity index is 1.55. The van der Waals surface area contributed by atoms with Crippen LogP contribution in [0.2, 0.25) is 0 Å². The van der Waals surface area contributed by atoms with E-state index in [0.29, 0.717) is 12.6 Å². The van der Waals surface area contributed by atoms with Crippen LogP contribution in [0.5, 0.6) is 11.5 Å². The zero-order valence-electron chi connectivity index (χ0n) is 17.7. The molecule has 0 aliphatic carbocycles. The van der Waals surface area contributed by atoms with Gasteiger partial charge in [0, 0.05) is 44.0 Å². The van der Waals surface area contributed by atoms with Crippen molar-refractivity contribution in [3.8, 4) is 11.5 Å². The Morgan fingerprint density at radius 2 is 2.07 bits per heavy atom. The Labute approximate surface area is 178 Å². The van der Waals surface area contributed by atoms with E-state index in [2.05, 4.69) is 39.6 Å². The van der Waals surface area contributed by atoms with Gasteiger partial charge in [0.15, 0.2) is 5.96 Å². The summed E-state index contributed by atoms with van der Waals surface area (Å²) in [5, 5.41) is 17.4. The van der Waals surface area contributed by atoms with E-state index in [4.69, 9.17) is 9.47 Å². The summed E-state index contributed by atoms with van der Waals surface area (Å²) in [6.45, 7) is 6.15. The lowest BCUT2D eigenvalue weighted by atomic mass is 10.1. The second-order valence-corrected chi connectivity index (χ2v) is 8.91. The molecule has 2 atom stereocenters. The molecular weight excluding hydrogens is 388 g/mol. The molecule has 162 valence electrons. The molecule has 0 amide bonds. The van der Waals surface area contributed by atoms with Gasteiger partial charge in [-0.1, -0.05) is 0 Å². The third-order valence-corrected chi connectivity index (χ3v) is 6.62. The first kappa shape index (κ1) is 22.1. The smallest absolute Gasteiger partial charge is 0.191 e. The third kappa shape index (κ3) is 6.42. The van der Waals surface area contributed by atoms with Crippen molar-refractivity contribution >= 4 is 17.7 Å². The Morgan fingerprint density at radius 3 is 2.69 bits per heavy atom. The molecule has 2 aliphatic heterocycles. The van der Waals surface area contributed by atoms with Gasteiger partial charge in [0.05, 0.1) is 26.4 Å². The van der Waals surface area contributed by atoms with E-state index >= 15 is 0 Å². The van der Waals surface area contributed by atoms with Crippen LogP contribution < -0.4 is 20.1 Å². The van der Waals surface area contributed by atoms with E-state index in [0.717, 1.165) is 68.0 Å². The fraction of sp³-hybridized carbons (Fsp3) is 0.667. The maximum atomic E-state index is 10.5. The Hall–Kier alpha value is -1.64. The summed E-state index contributed by atoms with van der Waals surface area (Å²) in [4.78, 5) is 7.09. The molecule has 0 bridgehead atoms. The molecule has 3 N–H and O–H groups in total. The van der Waals surface area contributed by atoms with Crippen molar-refractivity contribution in [2.24, 2.45) is 4.99 Å². The molecule has 8 heteroatoms. The van der Waals surface area contributed by atoms with E-state index < -0.39 is 5.60 Å². The first-order chi connectivity index (χ1) is 14.0. The number of nitrogens with one attached hydrogen (secondary N) is 2. The highest BCUT2D eigenvalue weighted by atomic mass is 32.2. The normalized spacial score (nSPS) is 25.2. The highest BCUT2D eigenvalue weighted by Gasteiger charge is 2.31. The third-order valence-electron chi connectivity index (χ3n) is 5.39. The molecule has 2 aliphatic rings. The summed E-state index contributed by atoms with van der Waals surface area (Å²) in [5.41, 5.74) is 0.531. The number of methoxy groups -OCH3 is 2. The molecule has 0 aromatic heterocycles. The molecule has 1 aromatic rings. The predicted molar refractivity (Wildman–Crippen MR) is 119 cm³/mol. The van der Waals surface area contributed by atoms with Crippen LogP contribution in [0.1, 0.15) is 25.3 Å². The summed E-state index contributed by atoms with van der Waals surface area (Å²) in [6.07, 6.45) is 1.88. The molecule has 2 heterocycles. The molecule has 0 spiro atoms. The molecule has 7 nitrogen and oxygen atoms in total. The van der Waals surface area contributed by atoms with Gasteiger partial charge < -0.3 is 25.2 Å². The van der Waals surface area contributed by atoms with Crippen LogP contribution in [0, 0.1) is 0 Å². The minimum Gasteiger partial charge on any atom is -0.497 e. The van der Waals surface area contributed by atoms with E-state index in [9.17, 15) is 5.11 Å². The molecule has 29 heavy (non-hydrogen) atoms. The lowest BCUT2D eigenvalue weighted by Crippen LogP contribution is -2.45. The number of guanidine groups is 1. The average molecular weight is 423 g/mol. The topological polar surface area (TPSA) is 78.4 Å². The number of nitrogens with zero attached hydrogens (tertiary/aromatic N) is 2. The minimum absolute atomic E-state index is 0.341. The van der Waals surface area contributed by atoms with Crippen molar-refractivity contribution in [1.29, 1.82) is 0 Å². The van der Waals surface area contributed by atoms with Crippen molar-refractivity contribution in [2.45, 2.75) is 38.0 Å². The quantitative estimate of drug-likeness (QED) is 0.435. The molecule has 3 rings (SSSR count). The summed E-state index contributed by atoms with van der Waals surface area (Å²) in [5.74, 6) is 4.23. The number of hydrogen-bond acceptors (Lipinski definition) is 6. The van der Waals surface area contributed by atoms with Crippen LogP contribution in [0.3, 0.4) is 0 Å². The summed E-state index contributed by atoms with van der Waals surface area (Å²) in [6, 6.07) is 6.37. The van der Waals surface area contributed by atoms with Gasteiger partial charge in [-0.15, -0.1) is 0 Å². The number of aliphatic imine (C=N–C) groups is 1. The zero-order chi connectivity index (χ0) is 20.7. The fourth-order valence-electron chi connectivity index (χ4n) is 3.77. The number of rotatable bonds is 8. The molecule has 2 unspecified atom stereocenters. The summed E-state index contributed by atoms with van der Waals surface area (Å²) < 4.78 is 10.8. The second kappa shape index (κ2) is 10.4. The van der Waals surface area contributed by atoms with E-state index in [1.807, 2.05) is 6.07 Å². The lowest BCUT2D eigenvalue weighted by Gasteiger charge is -2.22. The molecule has 1 aromatic carbocycles. The predicted octanol–water partition coefficient (Wildman–Crippen LogP) is 1.70. The number of likely N-dealkylation sites (tertiary alicyclic amines) is 1. The first-order valence-corrected chi connectivity index (χ1v) is 11.5. The van der Waals surface area contributed by atoms with Gasteiger partial charge in [-0.25, -0.2) is 0 Å². The van der Waals surface area contributed by atoms with Crippen molar-refractivity contribution in [2.75, 3.05) is 51.9 Å². The molecular formula is C21H34N4O3S. The SMILES string of the molecule is CCNC(=NCC1(O)CCSC1)NC1CCN(Cc2cc(OC)cc(OC)c2)C1. The van der Waals surface area contributed by atoms with E-state index in [1.165, 1.54) is 5.56 Å². The van der Waals surface area contributed by atoms with Gasteiger partial charge in [0.1, 0.15) is 11.5 Å². The minimum atomic E-state index is -0.653. The van der Waals surface area contributed by atoms with Crippen LogP contribution in [-0.2, 0) is 6.54 Å². The van der Waals surface area contributed by atoms with Crippen LogP contribution in [-0.4, -0.2) is 79.5 Å². The van der Waals surface area contributed by atoms with E-state index in [-0.39, 0.29) is 0 Å². The van der Waals surface area contributed by atoms with Gasteiger partial charge in [-0.3, -0.25) is 9.89 Å². The van der Waals surface area contributed by atoms with Crippen molar-refractivity contribution in [3.63, 3.8) is 0 Å². The van der Waals surface area contributed by atoms with Gasteiger partial charge in [0.2, 0.25) is 0 Å². The van der Waals surface area contributed by atoms with Gasteiger partial charge >= 0.3 is 0 Å². The average Bonchev–Trinajstić information content (AvgIpc) is 3.35. The maximum absolute atomic E-state index is 10.5. The number of benzene rings is 1. The Kier molecular flexibility index (Phi) is 7.91. The lowest BCUT2D eigenvalue weighted by molar-refractivity contribution is 0.0778. The largest absolute Gasteiger partial charge is 0.497 e. The number of thioether (sulfide) groups is 1. The second-order valence-electron chi connectivity index (χ2n) is 7.81. The standard InChI is InChI=1S/C21H34N4O3S/c1-4-22-20(23-14-21(26)6-8-29-15-21)24-17-5-7-25(13-17)12-16-9-18(27-2)11-19(10-16)28-3/h9-11,17,26H,4-8,12-15H2,1-3H3,(H2,22,23,24). The van der Waals surface area contributed by atoms with Crippen molar-refractivity contribution in [1.82, 2.24) is 15.5 Å². The maximum Gasteiger partial charge on any atom is 0.191 e.